The summed E-state index contributed by atoms with van der Waals surface area (Å²) in [6.07, 6.45) is 0.347. The van der Waals surface area contributed by atoms with Gasteiger partial charge in [0, 0.05) is 12.2 Å². The van der Waals surface area contributed by atoms with Crippen molar-refractivity contribution in [2.24, 2.45) is 5.73 Å². The monoisotopic (exact) mass is 290 g/mol. The van der Waals surface area contributed by atoms with Gasteiger partial charge in [-0.15, -0.1) is 0 Å². The lowest BCUT2D eigenvalue weighted by molar-refractivity contribution is -0.115. The largest absolute Gasteiger partial charge is 0.326 e. The Hall–Kier alpha value is -2.65. The number of fused-ring (bicyclic) bond motifs is 1. The summed E-state index contributed by atoms with van der Waals surface area (Å²) in [4.78, 5) is 12.3. The first-order valence-corrected chi connectivity index (χ1v) is 7.32. The van der Waals surface area contributed by atoms with Crippen molar-refractivity contribution >= 4 is 22.4 Å². The highest BCUT2D eigenvalue weighted by atomic mass is 16.1. The van der Waals surface area contributed by atoms with Gasteiger partial charge in [-0.25, -0.2) is 0 Å². The van der Waals surface area contributed by atoms with Crippen molar-refractivity contribution in [3.05, 3.63) is 77.9 Å². The van der Waals surface area contributed by atoms with Gasteiger partial charge in [-0.2, -0.15) is 0 Å². The number of nitrogens with two attached hydrogens (primary N) is 1. The maximum absolute atomic E-state index is 12.3. The molecular weight excluding hydrogens is 272 g/mol. The van der Waals surface area contributed by atoms with Crippen LogP contribution in [0.3, 0.4) is 0 Å². The summed E-state index contributed by atoms with van der Waals surface area (Å²) < 4.78 is 0. The maximum atomic E-state index is 12.3. The minimum atomic E-state index is -0.0303. The Labute approximate surface area is 129 Å². The number of hydrogen-bond acceptors (Lipinski definition) is 2. The van der Waals surface area contributed by atoms with Gasteiger partial charge in [-0.3, -0.25) is 4.79 Å². The van der Waals surface area contributed by atoms with Gasteiger partial charge in [0.1, 0.15) is 0 Å². The zero-order valence-electron chi connectivity index (χ0n) is 12.3. The van der Waals surface area contributed by atoms with E-state index >= 15 is 0 Å². The molecule has 0 aromatic heterocycles. The van der Waals surface area contributed by atoms with Gasteiger partial charge in [-0.1, -0.05) is 60.7 Å². The maximum Gasteiger partial charge on any atom is 0.228 e. The van der Waals surface area contributed by atoms with E-state index in [2.05, 4.69) is 17.4 Å². The summed E-state index contributed by atoms with van der Waals surface area (Å²) in [6, 6.07) is 21.8. The summed E-state index contributed by atoms with van der Waals surface area (Å²) in [5.41, 5.74) is 8.46. The van der Waals surface area contributed by atoms with Crippen molar-refractivity contribution in [1.82, 2.24) is 0 Å². The van der Waals surface area contributed by atoms with E-state index in [1.807, 2.05) is 54.6 Å². The van der Waals surface area contributed by atoms with E-state index in [-0.39, 0.29) is 5.91 Å². The molecule has 3 aromatic rings. The minimum Gasteiger partial charge on any atom is -0.326 e. The molecule has 0 fully saturated rings. The molecule has 0 saturated carbocycles. The highest BCUT2D eigenvalue weighted by Crippen LogP contribution is 2.20. The lowest BCUT2D eigenvalue weighted by Crippen LogP contribution is -2.16. The van der Waals surface area contributed by atoms with Crippen LogP contribution in [0.4, 0.5) is 5.69 Å². The number of benzene rings is 3. The normalized spacial score (nSPS) is 10.6. The van der Waals surface area contributed by atoms with Gasteiger partial charge < -0.3 is 11.1 Å². The van der Waals surface area contributed by atoms with Crippen LogP contribution in [0.15, 0.2) is 66.7 Å². The third-order valence-electron chi connectivity index (χ3n) is 3.74. The Morgan fingerprint density at radius 2 is 1.55 bits per heavy atom. The summed E-state index contributed by atoms with van der Waals surface area (Å²) in [5.74, 6) is -0.0303. The van der Waals surface area contributed by atoms with E-state index in [0.717, 1.165) is 27.6 Å². The third kappa shape index (κ3) is 3.00. The molecule has 0 radical (unpaired) electrons. The van der Waals surface area contributed by atoms with E-state index in [0.29, 0.717) is 13.0 Å². The van der Waals surface area contributed by atoms with Gasteiger partial charge in [0.25, 0.3) is 0 Å². The molecular formula is C19H18N2O. The van der Waals surface area contributed by atoms with Gasteiger partial charge in [0.15, 0.2) is 0 Å². The van der Waals surface area contributed by atoms with Crippen LogP contribution in [-0.4, -0.2) is 5.91 Å². The van der Waals surface area contributed by atoms with Crippen LogP contribution >= 0.6 is 0 Å². The first-order valence-electron chi connectivity index (χ1n) is 7.32. The fraction of sp³-hybridized carbons (Fsp3) is 0.105. The SMILES string of the molecule is NCc1ccccc1NC(=O)Cc1cccc2ccccc12. The molecule has 3 heteroatoms. The van der Waals surface area contributed by atoms with Crippen molar-refractivity contribution in [3.63, 3.8) is 0 Å². The highest BCUT2D eigenvalue weighted by molar-refractivity contribution is 5.96. The predicted molar refractivity (Wildman–Crippen MR) is 90.6 cm³/mol. The average Bonchev–Trinajstić information content (AvgIpc) is 2.55. The number of anilines is 1. The number of nitrogens with one attached hydrogen (secondary N) is 1. The second-order valence-corrected chi connectivity index (χ2v) is 5.22. The van der Waals surface area contributed by atoms with Crippen LogP contribution in [0.2, 0.25) is 0 Å². The number of carbonyl (C=O) groups is 1. The van der Waals surface area contributed by atoms with E-state index in [9.17, 15) is 4.79 Å². The zero-order valence-corrected chi connectivity index (χ0v) is 12.3. The molecule has 0 spiro atoms. The fourth-order valence-corrected chi connectivity index (χ4v) is 2.63. The molecule has 1 amide bonds. The Bertz CT molecular complexity index is 806. The summed E-state index contributed by atoms with van der Waals surface area (Å²) in [6.45, 7) is 0.407. The molecule has 3 nitrogen and oxygen atoms in total. The first kappa shape index (κ1) is 14.3. The Morgan fingerprint density at radius 3 is 2.41 bits per heavy atom. The highest BCUT2D eigenvalue weighted by Gasteiger charge is 2.09. The molecule has 0 saturated heterocycles. The van der Waals surface area contributed by atoms with Gasteiger partial charge in [0.05, 0.1) is 6.42 Å². The number of hydrogen-bond donors (Lipinski definition) is 2. The van der Waals surface area contributed by atoms with Crippen LogP contribution in [0.5, 0.6) is 0 Å². The smallest absolute Gasteiger partial charge is 0.228 e. The van der Waals surface area contributed by atoms with Crippen molar-refractivity contribution in [1.29, 1.82) is 0 Å². The van der Waals surface area contributed by atoms with Gasteiger partial charge in [-0.05, 0) is 28.0 Å². The molecule has 0 atom stereocenters. The van der Waals surface area contributed by atoms with Gasteiger partial charge >= 0.3 is 0 Å². The second-order valence-electron chi connectivity index (χ2n) is 5.22. The lowest BCUT2D eigenvalue weighted by Gasteiger charge is -2.10. The standard InChI is InChI=1S/C19H18N2O/c20-13-16-7-2-4-11-18(16)21-19(22)12-15-9-5-8-14-6-1-3-10-17(14)15/h1-11H,12-13,20H2,(H,21,22). The molecule has 0 aliphatic heterocycles. The summed E-state index contributed by atoms with van der Waals surface area (Å²) in [5, 5.41) is 5.22. The zero-order chi connectivity index (χ0) is 15.4. The molecule has 0 heterocycles. The number of para-hydroxylation sites is 1. The van der Waals surface area contributed by atoms with Crippen molar-refractivity contribution in [2.45, 2.75) is 13.0 Å². The van der Waals surface area contributed by atoms with Gasteiger partial charge in [0.2, 0.25) is 5.91 Å². The summed E-state index contributed by atoms with van der Waals surface area (Å²) >= 11 is 0. The minimum absolute atomic E-state index is 0.0303. The van der Waals surface area contributed by atoms with Crippen LogP contribution in [0, 0.1) is 0 Å². The number of rotatable bonds is 4. The number of carbonyl (C=O) groups excluding carboxylic acids is 1. The fourth-order valence-electron chi connectivity index (χ4n) is 2.63. The molecule has 0 aliphatic carbocycles. The molecule has 0 bridgehead atoms. The predicted octanol–water partition coefficient (Wildman–Crippen LogP) is 3.48. The van der Waals surface area contributed by atoms with Crippen LogP contribution in [0.1, 0.15) is 11.1 Å². The summed E-state index contributed by atoms with van der Waals surface area (Å²) in [7, 11) is 0. The molecule has 22 heavy (non-hydrogen) atoms. The van der Waals surface area contributed by atoms with E-state index in [4.69, 9.17) is 5.73 Å². The van der Waals surface area contributed by atoms with Crippen molar-refractivity contribution in [3.8, 4) is 0 Å². The second kappa shape index (κ2) is 6.41. The van der Waals surface area contributed by atoms with E-state index in [1.165, 1.54) is 0 Å². The Morgan fingerprint density at radius 1 is 0.864 bits per heavy atom. The molecule has 3 rings (SSSR count). The van der Waals surface area contributed by atoms with E-state index in [1.54, 1.807) is 0 Å². The van der Waals surface area contributed by atoms with Crippen LogP contribution in [0.25, 0.3) is 10.8 Å². The molecule has 110 valence electrons. The lowest BCUT2D eigenvalue weighted by atomic mass is 10.0. The van der Waals surface area contributed by atoms with Crippen molar-refractivity contribution < 1.29 is 4.79 Å². The van der Waals surface area contributed by atoms with Crippen LogP contribution < -0.4 is 11.1 Å². The molecule has 0 aliphatic rings. The third-order valence-corrected chi connectivity index (χ3v) is 3.74. The Kier molecular flexibility index (Phi) is 4.17. The molecule has 0 unspecified atom stereocenters. The molecule has 3 N–H and O–H groups in total. The van der Waals surface area contributed by atoms with Crippen molar-refractivity contribution in [2.75, 3.05) is 5.32 Å². The molecule has 3 aromatic carbocycles. The first-order chi connectivity index (χ1) is 10.8. The average molecular weight is 290 g/mol. The quantitative estimate of drug-likeness (QED) is 0.773. The van der Waals surface area contributed by atoms with E-state index < -0.39 is 0 Å². The topological polar surface area (TPSA) is 55.1 Å². The Balaban J connectivity index is 1.82. The number of amides is 1. The van der Waals surface area contributed by atoms with Crippen LogP contribution in [-0.2, 0) is 17.8 Å².